The van der Waals surface area contributed by atoms with Crippen LogP contribution >= 0.6 is 11.3 Å². The molecule has 7 heteroatoms. The summed E-state index contributed by atoms with van der Waals surface area (Å²) in [5.41, 5.74) is 8.21. The quantitative estimate of drug-likeness (QED) is 0.660. The summed E-state index contributed by atoms with van der Waals surface area (Å²) in [7, 11) is 1.83. The number of nitro benzene ring substituents is 1. The summed E-state index contributed by atoms with van der Waals surface area (Å²) in [6.07, 6.45) is 0.794. The van der Waals surface area contributed by atoms with E-state index in [1.165, 1.54) is 11.3 Å². The van der Waals surface area contributed by atoms with Gasteiger partial charge in [-0.25, -0.2) is 4.98 Å². The van der Waals surface area contributed by atoms with Crippen molar-refractivity contribution >= 4 is 32.9 Å². The second kappa shape index (κ2) is 5.28. The van der Waals surface area contributed by atoms with E-state index in [1.807, 2.05) is 18.0 Å². The van der Waals surface area contributed by atoms with Crippen LogP contribution in [-0.4, -0.2) is 30.0 Å². The molecule has 1 aromatic carbocycles. The molecule has 18 heavy (non-hydrogen) atoms. The van der Waals surface area contributed by atoms with Crippen LogP contribution in [0.15, 0.2) is 17.6 Å². The van der Waals surface area contributed by atoms with E-state index in [-0.39, 0.29) is 10.6 Å². The Hall–Kier alpha value is -1.73. The standard InChI is InChI=1S/C11H14N4O2S/c1-14(6-2-5-12)8-3-4-9-10(13-7-18-9)11(8)15(16)17/h3-4,7H,2,5-6,12H2,1H3. The van der Waals surface area contributed by atoms with E-state index < -0.39 is 0 Å². The van der Waals surface area contributed by atoms with E-state index in [0.29, 0.717) is 24.3 Å². The number of benzene rings is 1. The summed E-state index contributed by atoms with van der Waals surface area (Å²) in [5, 5.41) is 11.2. The minimum Gasteiger partial charge on any atom is -0.369 e. The lowest BCUT2D eigenvalue weighted by Crippen LogP contribution is -2.21. The summed E-state index contributed by atoms with van der Waals surface area (Å²) in [6.45, 7) is 1.25. The third-order valence-corrected chi connectivity index (χ3v) is 3.54. The average Bonchev–Trinajstić information content (AvgIpc) is 2.82. The molecule has 0 unspecified atom stereocenters. The van der Waals surface area contributed by atoms with E-state index in [9.17, 15) is 10.1 Å². The van der Waals surface area contributed by atoms with Crippen molar-refractivity contribution in [2.24, 2.45) is 5.73 Å². The van der Waals surface area contributed by atoms with Crippen LogP contribution in [-0.2, 0) is 0 Å². The maximum atomic E-state index is 11.2. The SMILES string of the molecule is CN(CCCN)c1ccc2scnc2c1[N+](=O)[O-]. The van der Waals surface area contributed by atoms with E-state index in [1.54, 1.807) is 11.6 Å². The highest BCUT2D eigenvalue weighted by atomic mass is 32.1. The monoisotopic (exact) mass is 266 g/mol. The molecule has 0 aliphatic heterocycles. The van der Waals surface area contributed by atoms with Gasteiger partial charge in [-0.3, -0.25) is 10.1 Å². The molecule has 0 aliphatic rings. The Bertz CT molecular complexity index is 569. The van der Waals surface area contributed by atoms with Gasteiger partial charge in [0.1, 0.15) is 5.69 Å². The third kappa shape index (κ3) is 2.27. The molecule has 0 atom stereocenters. The Morgan fingerprint density at radius 1 is 1.56 bits per heavy atom. The molecule has 0 saturated heterocycles. The Kier molecular flexibility index (Phi) is 3.73. The van der Waals surface area contributed by atoms with Gasteiger partial charge in [0.2, 0.25) is 0 Å². The predicted octanol–water partition coefficient (Wildman–Crippen LogP) is 1.99. The Morgan fingerprint density at radius 2 is 2.33 bits per heavy atom. The minimum absolute atomic E-state index is 0.0771. The Morgan fingerprint density at radius 3 is 3.00 bits per heavy atom. The highest BCUT2D eigenvalue weighted by Crippen LogP contribution is 2.36. The predicted molar refractivity (Wildman–Crippen MR) is 73.2 cm³/mol. The zero-order chi connectivity index (χ0) is 13.1. The van der Waals surface area contributed by atoms with Gasteiger partial charge in [-0.1, -0.05) is 0 Å². The first-order valence-electron chi connectivity index (χ1n) is 5.57. The van der Waals surface area contributed by atoms with Gasteiger partial charge in [-0.2, -0.15) is 0 Å². The first kappa shape index (κ1) is 12.7. The van der Waals surface area contributed by atoms with Crippen LogP contribution in [0.25, 0.3) is 10.2 Å². The molecule has 1 heterocycles. The number of aromatic nitrogens is 1. The fourth-order valence-electron chi connectivity index (χ4n) is 1.84. The van der Waals surface area contributed by atoms with Crippen LogP contribution in [0.2, 0.25) is 0 Å². The van der Waals surface area contributed by atoms with Gasteiger partial charge >= 0.3 is 5.69 Å². The first-order valence-corrected chi connectivity index (χ1v) is 6.45. The number of nitro groups is 1. The largest absolute Gasteiger partial charge is 0.369 e. The molecule has 0 amide bonds. The minimum atomic E-state index is -0.365. The molecule has 0 radical (unpaired) electrons. The molecule has 1 aromatic heterocycles. The molecule has 0 fully saturated rings. The lowest BCUT2D eigenvalue weighted by atomic mass is 10.2. The van der Waals surface area contributed by atoms with Crippen LogP contribution in [0, 0.1) is 10.1 Å². The third-order valence-electron chi connectivity index (χ3n) is 2.75. The zero-order valence-electron chi connectivity index (χ0n) is 10.00. The molecular formula is C11H14N4O2S. The normalized spacial score (nSPS) is 10.8. The van der Waals surface area contributed by atoms with Gasteiger partial charge < -0.3 is 10.6 Å². The van der Waals surface area contributed by atoms with Crippen molar-refractivity contribution in [1.29, 1.82) is 0 Å². The van der Waals surface area contributed by atoms with Crippen LogP contribution in [0.1, 0.15) is 6.42 Å². The molecule has 0 bridgehead atoms. The molecule has 2 N–H and O–H groups in total. The van der Waals surface area contributed by atoms with Crippen molar-refractivity contribution in [3.63, 3.8) is 0 Å². The summed E-state index contributed by atoms with van der Waals surface area (Å²) in [6, 6.07) is 3.64. The fourth-order valence-corrected chi connectivity index (χ4v) is 2.52. The van der Waals surface area contributed by atoms with Crippen molar-refractivity contribution in [2.45, 2.75) is 6.42 Å². The average molecular weight is 266 g/mol. The molecule has 0 spiro atoms. The number of fused-ring (bicyclic) bond motifs is 1. The van der Waals surface area contributed by atoms with Crippen LogP contribution in [0.5, 0.6) is 0 Å². The Balaban J connectivity index is 2.48. The molecule has 0 saturated carbocycles. The van der Waals surface area contributed by atoms with Gasteiger partial charge in [-0.05, 0) is 25.1 Å². The topological polar surface area (TPSA) is 85.3 Å². The Labute approximate surface area is 108 Å². The van der Waals surface area contributed by atoms with E-state index in [0.717, 1.165) is 11.1 Å². The highest BCUT2D eigenvalue weighted by molar-refractivity contribution is 7.16. The number of hydrogen-bond donors (Lipinski definition) is 1. The summed E-state index contributed by atoms with van der Waals surface area (Å²) < 4.78 is 0.831. The number of thiazole rings is 1. The molecule has 0 aliphatic carbocycles. The van der Waals surface area contributed by atoms with Gasteiger partial charge in [0.25, 0.3) is 0 Å². The maximum absolute atomic E-state index is 11.2. The summed E-state index contributed by atoms with van der Waals surface area (Å²) in [5.74, 6) is 0. The summed E-state index contributed by atoms with van der Waals surface area (Å²) >= 11 is 1.40. The number of nitrogens with two attached hydrogens (primary N) is 1. The first-order chi connectivity index (χ1) is 8.65. The maximum Gasteiger partial charge on any atom is 0.319 e. The smallest absolute Gasteiger partial charge is 0.319 e. The number of rotatable bonds is 5. The molecule has 2 aromatic rings. The van der Waals surface area contributed by atoms with Crippen molar-refractivity contribution in [3.8, 4) is 0 Å². The number of anilines is 1. The van der Waals surface area contributed by atoms with Gasteiger partial charge in [0.05, 0.1) is 15.1 Å². The van der Waals surface area contributed by atoms with Crippen LogP contribution in [0.3, 0.4) is 0 Å². The van der Waals surface area contributed by atoms with Crippen LogP contribution < -0.4 is 10.6 Å². The second-order valence-electron chi connectivity index (χ2n) is 3.95. The fraction of sp³-hybridized carbons (Fsp3) is 0.364. The van der Waals surface area contributed by atoms with Crippen molar-refractivity contribution in [1.82, 2.24) is 4.98 Å². The number of nitrogens with zero attached hydrogens (tertiary/aromatic N) is 3. The molecule has 6 nitrogen and oxygen atoms in total. The zero-order valence-corrected chi connectivity index (χ0v) is 10.8. The van der Waals surface area contributed by atoms with Crippen LogP contribution in [0.4, 0.5) is 11.4 Å². The molecule has 96 valence electrons. The van der Waals surface area contributed by atoms with E-state index in [2.05, 4.69) is 4.98 Å². The second-order valence-corrected chi connectivity index (χ2v) is 4.84. The summed E-state index contributed by atoms with van der Waals surface area (Å²) in [4.78, 5) is 16.8. The van der Waals surface area contributed by atoms with Gasteiger partial charge in [-0.15, -0.1) is 11.3 Å². The highest BCUT2D eigenvalue weighted by Gasteiger charge is 2.22. The van der Waals surface area contributed by atoms with E-state index in [4.69, 9.17) is 5.73 Å². The van der Waals surface area contributed by atoms with Gasteiger partial charge in [0, 0.05) is 13.6 Å². The molecular weight excluding hydrogens is 252 g/mol. The van der Waals surface area contributed by atoms with Crippen molar-refractivity contribution < 1.29 is 4.92 Å². The lowest BCUT2D eigenvalue weighted by Gasteiger charge is -2.18. The van der Waals surface area contributed by atoms with Crippen molar-refractivity contribution in [2.75, 3.05) is 25.0 Å². The van der Waals surface area contributed by atoms with Gasteiger partial charge in [0.15, 0.2) is 5.52 Å². The lowest BCUT2D eigenvalue weighted by molar-refractivity contribution is -0.382. The molecule has 2 rings (SSSR count). The van der Waals surface area contributed by atoms with E-state index >= 15 is 0 Å². The number of hydrogen-bond acceptors (Lipinski definition) is 6. The van der Waals surface area contributed by atoms with Crippen molar-refractivity contribution in [3.05, 3.63) is 27.8 Å².